The van der Waals surface area contributed by atoms with Crippen molar-refractivity contribution in [2.75, 3.05) is 13.6 Å². The highest BCUT2D eigenvalue weighted by atomic mass is 127. The van der Waals surface area contributed by atoms with Crippen LogP contribution in [0.1, 0.15) is 0 Å². The molecule has 10 heavy (non-hydrogen) atoms. The van der Waals surface area contributed by atoms with Gasteiger partial charge >= 0.3 is 0 Å². The highest BCUT2D eigenvalue weighted by Crippen LogP contribution is 2.26. The number of hydrogen-bond donors (Lipinski definition) is 2. The van der Waals surface area contributed by atoms with Gasteiger partial charge in [-0.3, -0.25) is 0 Å². The summed E-state index contributed by atoms with van der Waals surface area (Å²) in [7, 11) is 1.87. The van der Waals surface area contributed by atoms with E-state index < -0.39 is 0 Å². The zero-order chi connectivity index (χ0) is 7.56. The molecular formula is C6H10ClIN2. The molecule has 0 aromatic rings. The second-order valence-electron chi connectivity index (χ2n) is 2.23. The summed E-state index contributed by atoms with van der Waals surface area (Å²) in [4.78, 5) is 0. The Labute approximate surface area is 79.5 Å². The summed E-state index contributed by atoms with van der Waals surface area (Å²) in [5.74, 6) is 0.437. The van der Waals surface area contributed by atoms with Gasteiger partial charge in [0, 0.05) is 22.2 Å². The Bertz CT molecular complexity index is 149. The lowest BCUT2D eigenvalue weighted by atomic mass is 10.2. The third kappa shape index (κ3) is 1.77. The van der Waals surface area contributed by atoms with Crippen LogP contribution in [-0.2, 0) is 0 Å². The van der Waals surface area contributed by atoms with E-state index in [1.54, 1.807) is 0 Å². The summed E-state index contributed by atoms with van der Waals surface area (Å²) in [5.41, 5.74) is 0.0538. The first-order valence-electron chi connectivity index (χ1n) is 3.16. The van der Waals surface area contributed by atoms with E-state index in [-0.39, 0.29) is 5.50 Å². The van der Waals surface area contributed by atoms with Crippen LogP contribution in [0.15, 0.2) is 9.78 Å². The monoisotopic (exact) mass is 272 g/mol. The largest absolute Gasteiger partial charge is 0.390 e. The number of hydrogen-bond acceptors (Lipinski definition) is 2. The molecule has 0 spiro atoms. The molecule has 2 unspecified atom stereocenters. The molecule has 0 fully saturated rings. The molecule has 2 N–H and O–H groups in total. The summed E-state index contributed by atoms with van der Waals surface area (Å²) in [6, 6.07) is 0. The van der Waals surface area contributed by atoms with Crippen LogP contribution >= 0.6 is 34.2 Å². The maximum atomic E-state index is 5.97. The van der Waals surface area contributed by atoms with E-state index in [9.17, 15) is 0 Å². The first kappa shape index (κ1) is 8.62. The van der Waals surface area contributed by atoms with E-state index in [1.807, 2.05) is 13.2 Å². The molecule has 0 aromatic heterocycles. The van der Waals surface area contributed by atoms with Gasteiger partial charge in [-0.1, -0.05) is 0 Å². The molecule has 2 atom stereocenters. The second-order valence-corrected chi connectivity index (χ2v) is 3.95. The van der Waals surface area contributed by atoms with E-state index >= 15 is 0 Å². The highest BCUT2D eigenvalue weighted by Gasteiger charge is 2.23. The molecule has 0 radical (unpaired) electrons. The predicted octanol–water partition coefficient (Wildman–Crippen LogP) is 1.27. The predicted molar refractivity (Wildman–Crippen MR) is 52.3 cm³/mol. The van der Waals surface area contributed by atoms with Gasteiger partial charge in [-0.2, -0.15) is 0 Å². The lowest BCUT2D eigenvalue weighted by molar-refractivity contribution is 0.556. The average Bonchev–Trinajstić information content (AvgIpc) is 2.34. The molecule has 1 rings (SSSR count). The van der Waals surface area contributed by atoms with Crippen molar-refractivity contribution >= 4 is 34.2 Å². The maximum Gasteiger partial charge on any atom is 0.0914 e. The Hall–Kier alpha value is 0.520. The second kappa shape index (κ2) is 3.78. The summed E-state index contributed by atoms with van der Waals surface area (Å²) >= 11 is 8.28. The van der Waals surface area contributed by atoms with Gasteiger partial charge in [-0.05, 0) is 29.6 Å². The minimum atomic E-state index is 0.0538. The molecule has 0 aliphatic carbocycles. The van der Waals surface area contributed by atoms with Crippen molar-refractivity contribution in [1.82, 2.24) is 10.6 Å². The van der Waals surface area contributed by atoms with Crippen molar-refractivity contribution in [3.8, 4) is 0 Å². The zero-order valence-corrected chi connectivity index (χ0v) is 8.61. The molecular weight excluding hydrogens is 262 g/mol. The Kier molecular flexibility index (Phi) is 3.26. The van der Waals surface area contributed by atoms with Crippen molar-refractivity contribution in [2.24, 2.45) is 5.92 Å². The Morgan fingerprint density at radius 3 is 3.10 bits per heavy atom. The van der Waals surface area contributed by atoms with Gasteiger partial charge in [0.25, 0.3) is 0 Å². The van der Waals surface area contributed by atoms with Crippen molar-refractivity contribution in [3.63, 3.8) is 0 Å². The maximum absolute atomic E-state index is 5.97. The quantitative estimate of drug-likeness (QED) is 0.449. The van der Waals surface area contributed by atoms with Gasteiger partial charge in [0.05, 0.1) is 5.50 Å². The Morgan fingerprint density at radius 2 is 2.70 bits per heavy atom. The van der Waals surface area contributed by atoms with Gasteiger partial charge in [-0.15, -0.1) is 11.6 Å². The fourth-order valence-electron chi connectivity index (χ4n) is 0.932. The topological polar surface area (TPSA) is 24.1 Å². The number of nitrogens with one attached hydrogen (secondary N) is 2. The number of rotatable bonds is 2. The van der Waals surface area contributed by atoms with Crippen molar-refractivity contribution in [3.05, 3.63) is 9.78 Å². The summed E-state index contributed by atoms with van der Waals surface area (Å²) in [6.45, 7) is 0.952. The van der Waals surface area contributed by atoms with E-state index in [1.165, 1.54) is 3.58 Å². The molecule has 1 aliphatic rings. The summed E-state index contributed by atoms with van der Waals surface area (Å²) < 4.78 is 1.30. The molecule has 0 saturated carbocycles. The number of alkyl halides is 1. The molecule has 2 nitrogen and oxygen atoms in total. The van der Waals surface area contributed by atoms with Crippen LogP contribution in [0.4, 0.5) is 0 Å². The van der Waals surface area contributed by atoms with Crippen LogP contribution in [0.3, 0.4) is 0 Å². The van der Waals surface area contributed by atoms with Crippen LogP contribution in [0.25, 0.3) is 0 Å². The van der Waals surface area contributed by atoms with Gasteiger partial charge in [-0.25, -0.2) is 0 Å². The van der Waals surface area contributed by atoms with Crippen LogP contribution < -0.4 is 10.6 Å². The zero-order valence-electron chi connectivity index (χ0n) is 5.70. The molecule has 1 aliphatic heterocycles. The molecule has 58 valence electrons. The third-order valence-electron chi connectivity index (χ3n) is 1.56. The molecule has 1 heterocycles. The Balaban J connectivity index is 2.49. The highest BCUT2D eigenvalue weighted by molar-refractivity contribution is 14.1. The smallest absolute Gasteiger partial charge is 0.0914 e. The Morgan fingerprint density at radius 1 is 2.00 bits per heavy atom. The standard InChI is InChI=1S/C6H10ClIN2/c1-9-6(7)4-2-10-3-5(4)8/h3-4,6,9-10H,2H2,1H3. The SMILES string of the molecule is CNC(Cl)C1CNC=C1I. The molecule has 0 saturated heterocycles. The van der Waals surface area contributed by atoms with E-state index in [0.29, 0.717) is 5.92 Å². The number of halogens is 2. The van der Waals surface area contributed by atoms with E-state index in [2.05, 4.69) is 33.2 Å². The minimum Gasteiger partial charge on any atom is -0.390 e. The molecule has 0 bridgehead atoms. The van der Waals surface area contributed by atoms with Crippen molar-refractivity contribution < 1.29 is 0 Å². The minimum absolute atomic E-state index is 0.0538. The fourth-order valence-corrected chi connectivity index (χ4v) is 2.17. The fraction of sp³-hybridized carbons (Fsp3) is 0.667. The van der Waals surface area contributed by atoms with Crippen LogP contribution in [0.2, 0.25) is 0 Å². The van der Waals surface area contributed by atoms with E-state index in [4.69, 9.17) is 11.6 Å². The van der Waals surface area contributed by atoms with Crippen LogP contribution in [0.5, 0.6) is 0 Å². The molecule has 0 aromatic carbocycles. The lowest BCUT2D eigenvalue weighted by Crippen LogP contribution is -2.30. The van der Waals surface area contributed by atoms with Gasteiger partial charge in [0.1, 0.15) is 0 Å². The summed E-state index contributed by atoms with van der Waals surface area (Å²) in [5, 5.41) is 6.16. The van der Waals surface area contributed by atoms with Gasteiger partial charge < -0.3 is 10.6 Å². The van der Waals surface area contributed by atoms with Crippen molar-refractivity contribution in [1.29, 1.82) is 0 Å². The normalized spacial score (nSPS) is 27.5. The van der Waals surface area contributed by atoms with Crippen LogP contribution in [-0.4, -0.2) is 19.1 Å². The van der Waals surface area contributed by atoms with Crippen molar-refractivity contribution in [2.45, 2.75) is 5.50 Å². The van der Waals surface area contributed by atoms with E-state index in [0.717, 1.165) is 6.54 Å². The third-order valence-corrected chi connectivity index (χ3v) is 3.19. The average molecular weight is 273 g/mol. The molecule has 4 heteroatoms. The van der Waals surface area contributed by atoms with Gasteiger partial charge in [0.2, 0.25) is 0 Å². The molecule has 0 amide bonds. The first-order chi connectivity index (χ1) is 4.75. The van der Waals surface area contributed by atoms with Gasteiger partial charge in [0.15, 0.2) is 0 Å². The summed E-state index contributed by atoms with van der Waals surface area (Å²) in [6.07, 6.45) is 2.01. The lowest BCUT2D eigenvalue weighted by Gasteiger charge is -2.15. The first-order valence-corrected chi connectivity index (χ1v) is 4.67. The van der Waals surface area contributed by atoms with Crippen LogP contribution in [0, 0.1) is 5.92 Å².